The summed E-state index contributed by atoms with van der Waals surface area (Å²) in [6.07, 6.45) is 0. The van der Waals surface area contributed by atoms with E-state index in [9.17, 15) is 0 Å². The summed E-state index contributed by atoms with van der Waals surface area (Å²) in [5.41, 5.74) is 5.08. The molecule has 0 radical (unpaired) electrons. The predicted molar refractivity (Wildman–Crippen MR) is 200 cm³/mol. The van der Waals surface area contributed by atoms with Gasteiger partial charge in [-0.25, -0.2) is 0 Å². The van der Waals surface area contributed by atoms with Crippen molar-refractivity contribution in [2.75, 3.05) is 0 Å². The normalized spacial score (nSPS) is 11.0. The standard InChI is InChI=1S/C42H30Si.2CH3.Hf/c1-5-15-31(16-6-1)39-25-13-19-33-27-37(29-41(33)39)43(35-21-9-3-10-22-35,36-23-11-4-12-24-36)38-28-34-20-14-26-40(42(34)30-38)32-17-7-2-8-18-32;;;/h1-30H;2*1H3;/q-2;2*-1;+4. The zero-order chi connectivity index (χ0) is 28.6. The Morgan fingerprint density at radius 1 is 0.370 bits per heavy atom. The maximum atomic E-state index is 2.50. The van der Waals surface area contributed by atoms with Crippen LogP contribution in [-0.2, 0) is 25.8 Å². The van der Waals surface area contributed by atoms with E-state index in [0.717, 1.165) is 0 Å². The molecule has 0 atom stereocenters. The molecular weight excluding hydrogens is 735 g/mol. The van der Waals surface area contributed by atoms with Crippen LogP contribution in [0.1, 0.15) is 0 Å². The molecule has 0 N–H and O–H groups in total. The molecule has 0 aromatic heterocycles. The minimum atomic E-state index is -2.71. The summed E-state index contributed by atoms with van der Waals surface area (Å²) in [7, 11) is -2.71. The van der Waals surface area contributed by atoms with Crippen molar-refractivity contribution in [2.45, 2.75) is 0 Å². The van der Waals surface area contributed by atoms with Crippen LogP contribution in [0.4, 0.5) is 0 Å². The zero-order valence-electron chi connectivity index (χ0n) is 26.3. The molecule has 0 unspecified atom stereocenters. The second-order valence-corrected chi connectivity index (χ2v) is 15.1. The van der Waals surface area contributed by atoms with Crippen LogP contribution in [0.2, 0.25) is 0 Å². The van der Waals surface area contributed by atoms with Crippen LogP contribution in [0.15, 0.2) is 182 Å². The quantitative estimate of drug-likeness (QED) is 0.117. The van der Waals surface area contributed by atoms with Gasteiger partial charge in [-0.1, -0.05) is 145 Å². The summed E-state index contributed by atoms with van der Waals surface area (Å²) in [4.78, 5) is 0. The molecule has 0 nitrogen and oxygen atoms in total. The van der Waals surface area contributed by atoms with Crippen molar-refractivity contribution in [2.24, 2.45) is 0 Å². The van der Waals surface area contributed by atoms with Crippen molar-refractivity contribution < 1.29 is 25.8 Å². The van der Waals surface area contributed by atoms with Crippen molar-refractivity contribution in [3.8, 4) is 22.3 Å². The Kier molecular flexibility index (Phi) is 10.0. The van der Waals surface area contributed by atoms with Gasteiger partial charge < -0.3 is 14.9 Å². The summed E-state index contributed by atoms with van der Waals surface area (Å²) >= 11 is 0. The van der Waals surface area contributed by atoms with Crippen molar-refractivity contribution in [1.29, 1.82) is 0 Å². The van der Waals surface area contributed by atoms with Gasteiger partial charge in [0, 0.05) is 0 Å². The molecule has 0 heterocycles. The minimum Gasteiger partial charge on any atom is -0.358 e. The Morgan fingerprint density at radius 2 is 0.717 bits per heavy atom. The smallest absolute Gasteiger partial charge is 0.358 e. The van der Waals surface area contributed by atoms with Crippen molar-refractivity contribution in [1.82, 2.24) is 0 Å². The molecule has 0 bridgehead atoms. The molecule has 2 heteroatoms. The average Bonchev–Trinajstić information content (AvgIpc) is 3.72. The van der Waals surface area contributed by atoms with Crippen molar-refractivity contribution >= 4 is 50.4 Å². The fourth-order valence-electron chi connectivity index (χ4n) is 7.02. The van der Waals surface area contributed by atoms with Crippen LogP contribution in [0.3, 0.4) is 0 Å². The van der Waals surface area contributed by atoms with Crippen molar-refractivity contribution in [3.05, 3.63) is 197 Å². The molecular formula is C44H36HfSi. The zero-order valence-corrected chi connectivity index (χ0v) is 30.9. The first-order chi connectivity index (χ1) is 21.3. The van der Waals surface area contributed by atoms with Gasteiger partial charge in [0.25, 0.3) is 0 Å². The summed E-state index contributed by atoms with van der Waals surface area (Å²) < 4.78 is 0. The van der Waals surface area contributed by atoms with Crippen molar-refractivity contribution in [3.63, 3.8) is 0 Å². The molecule has 0 aliphatic rings. The van der Waals surface area contributed by atoms with E-state index in [1.165, 1.54) is 64.5 Å². The number of benzene rings is 6. The first-order valence-corrected chi connectivity index (χ1v) is 16.9. The summed E-state index contributed by atoms with van der Waals surface area (Å²) in [6, 6.07) is 67.5. The fraction of sp³-hybridized carbons (Fsp3) is 0. The van der Waals surface area contributed by atoms with Crippen LogP contribution in [0.5, 0.6) is 0 Å². The van der Waals surface area contributed by atoms with E-state index in [1.807, 2.05) is 0 Å². The molecule has 220 valence electrons. The first kappa shape index (κ1) is 33.0. The summed E-state index contributed by atoms with van der Waals surface area (Å²) in [6.45, 7) is 0. The summed E-state index contributed by atoms with van der Waals surface area (Å²) in [5.74, 6) is 0. The Balaban J connectivity index is 0.00000139. The van der Waals surface area contributed by atoms with E-state index in [2.05, 4.69) is 182 Å². The van der Waals surface area contributed by atoms with Gasteiger partial charge in [0.1, 0.15) is 8.07 Å². The van der Waals surface area contributed by atoms with Gasteiger partial charge in [0.2, 0.25) is 0 Å². The van der Waals surface area contributed by atoms with Gasteiger partial charge in [-0.15, -0.1) is 68.3 Å². The third kappa shape index (κ3) is 5.51. The number of rotatable bonds is 6. The summed E-state index contributed by atoms with van der Waals surface area (Å²) in [5, 5.41) is 10.8. The van der Waals surface area contributed by atoms with Crippen LogP contribution >= 0.6 is 0 Å². The molecule has 0 fully saturated rings. The van der Waals surface area contributed by atoms with Crippen LogP contribution in [0, 0.1) is 14.9 Å². The van der Waals surface area contributed by atoms with E-state index in [-0.39, 0.29) is 40.7 Å². The average molecular weight is 771 g/mol. The third-order valence-electron chi connectivity index (χ3n) is 8.95. The fourth-order valence-corrected chi connectivity index (χ4v) is 11.9. The third-order valence-corrected chi connectivity index (χ3v) is 13.7. The number of hydrogen-bond acceptors (Lipinski definition) is 0. The first-order valence-electron chi connectivity index (χ1n) is 14.9. The van der Waals surface area contributed by atoms with Gasteiger partial charge in [-0.05, 0) is 21.5 Å². The molecule has 0 spiro atoms. The van der Waals surface area contributed by atoms with Gasteiger partial charge >= 0.3 is 25.8 Å². The number of fused-ring (bicyclic) bond motifs is 2. The van der Waals surface area contributed by atoms with E-state index in [4.69, 9.17) is 0 Å². The molecule has 0 amide bonds. The van der Waals surface area contributed by atoms with Crippen LogP contribution in [-0.4, -0.2) is 8.07 Å². The molecule has 0 aliphatic heterocycles. The minimum absolute atomic E-state index is 0. The Morgan fingerprint density at radius 3 is 1.09 bits per heavy atom. The maximum Gasteiger partial charge on any atom is 4.00 e. The number of hydrogen-bond donors (Lipinski definition) is 0. The molecule has 8 aromatic carbocycles. The molecule has 0 saturated carbocycles. The van der Waals surface area contributed by atoms with Gasteiger partial charge in [0.05, 0.1) is 0 Å². The Bertz CT molecular complexity index is 2000. The second kappa shape index (κ2) is 13.9. The van der Waals surface area contributed by atoms with E-state index >= 15 is 0 Å². The second-order valence-electron chi connectivity index (χ2n) is 11.3. The van der Waals surface area contributed by atoms with E-state index < -0.39 is 8.07 Å². The molecule has 0 saturated heterocycles. The molecule has 0 aliphatic carbocycles. The van der Waals surface area contributed by atoms with Crippen LogP contribution in [0.25, 0.3) is 43.8 Å². The SMILES string of the molecule is [CH3-].[CH3-].[Hf+4].c1ccc(-c2cccc3[cH-]c([Si](c4ccccc4)(c4ccccc4)c4cc5c(-c6ccccc6)cccc5[cH-]4)cc23)cc1. The maximum absolute atomic E-state index is 2.71. The molecule has 46 heavy (non-hydrogen) atoms. The van der Waals surface area contributed by atoms with E-state index in [1.54, 1.807) is 0 Å². The molecule has 8 rings (SSSR count). The Hall–Kier alpha value is -4.37. The van der Waals surface area contributed by atoms with Gasteiger partial charge in [0.15, 0.2) is 0 Å². The largest absolute Gasteiger partial charge is 4.00 e. The van der Waals surface area contributed by atoms with E-state index in [0.29, 0.717) is 0 Å². The van der Waals surface area contributed by atoms with Gasteiger partial charge in [-0.2, -0.15) is 12.1 Å². The monoisotopic (exact) mass is 772 g/mol. The van der Waals surface area contributed by atoms with Crippen LogP contribution < -0.4 is 20.7 Å². The van der Waals surface area contributed by atoms with Gasteiger partial charge in [-0.3, -0.25) is 0 Å². The topological polar surface area (TPSA) is 0 Å². The predicted octanol–water partition coefficient (Wildman–Crippen LogP) is 9.04. The Labute approximate surface area is 293 Å². The molecule has 8 aromatic rings.